The number of hydrogen-bond acceptors (Lipinski definition) is 3. The first-order valence-electron chi connectivity index (χ1n) is 5.40. The molecule has 0 aliphatic heterocycles. The molecule has 0 fully saturated rings. The first-order chi connectivity index (χ1) is 7.76. The van der Waals surface area contributed by atoms with Gasteiger partial charge in [0, 0.05) is 18.4 Å². The van der Waals surface area contributed by atoms with E-state index >= 15 is 0 Å². The molecule has 6 heteroatoms. The van der Waals surface area contributed by atoms with E-state index < -0.39 is 0 Å². The molecule has 0 radical (unpaired) electrons. The number of aromatic amines is 1. The highest BCUT2D eigenvalue weighted by molar-refractivity contribution is 7.71. The third kappa shape index (κ3) is 1.92. The molecule has 0 spiro atoms. The van der Waals surface area contributed by atoms with Gasteiger partial charge >= 0.3 is 0 Å². The summed E-state index contributed by atoms with van der Waals surface area (Å²) in [6.07, 6.45) is 4.65. The molecule has 16 heavy (non-hydrogen) atoms. The zero-order valence-electron chi connectivity index (χ0n) is 9.47. The molecule has 2 aromatic rings. The molecule has 0 unspecified atom stereocenters. The first-order valence-corrected chi connectivity index (χ1v) is 5.80. The van der Waals surface area contributed by atoms with Crippen LogP contribution < -0.4 is 0 Å². The second-order valence-corrected chi connectivity index (χ2v) is 3.94. The number of nitrogens with zero attached hydrogens (tertiary/aromatic N) is 4. The van der Waals surface area contributed by atoms with E-state index in [9.17, 15) is 0 Å². The Bertz CT molecular complexity index is 521. The van der Waals surface area contributed by atoms with Crippen molar-refractivity contribution in [2.45, 2.75) is 33.4 Å². The van der Waals surface area contributed by atoms with Gasteiger partial charge in [-0.25, -0.2) is 0 Å². The fourth-order valence-electron chi connectivity index (χ4n) is 1.70. The quantitative estimate of drug-likeness (QED) is 0.824. The molecule has 0 atom stereocenters. The molecule has 0 aliphatic carbocycles. The van der Waals surface area contributed by atoms with Crippen LogP contribution in [0.15, 0.2) is 12.5 Å². The molecule has 2 heterocycles. The molecule has 0 aromatic carbocycles. The first kappa shape index (κ1) is 11.1. The Morgan fingerprint density at radius 1 is 1.44 bits per heavy atom. The summed E-state index contributed by atoms with van der Waals surface area (Å²) in [5.41, 5.74) is 1.19. The molecule has 2 rings (SSSR count). The lowest BCUT2D eigenvalue weighted by Gasteiger charge is -2.07. The normalized spacial score (nSPS) is 10.9. The molecule has 0 saturated heterocycles. The highest BCUT2D eigenvalue weighted by Crippen LogP contribution is 2.06. The fourth-order valence-corrected chi connectivity index (χ4v) is 1.95. The highest BCUT2D eigenvalue weighted by atomic mass is 32.1. The van der Waals surface area contributed by atoms with Crippen LogP contribution in [0.5, 0.6) is 0 Å². The molecule has 86 valence electrons. The highest BCUT2D eigenvalue weighted by Gasteiger charge is 2.07. The van der Waals surface area contributed by atoms with Crippen LogP contribution in [0.1, 0.15) is 25.4 Å². The summed E-state index contributed by atoms with van der Waals surface area (Å²) in [6, 6.07) is 0. The van der Waals surface area contributed by atoms with E-state index in [1.165, 1.54) is 5.69 Å². The summed E-state index contributed by atoms with van der Waals surface area (Å²) in [5, 5.41) is 8.02. The average Bonchev–Trinajstić information content (AvgIpc) is 2.87. The molecule has 0 bridgehead atoms. The lowest BCUT2D eigenvalue weighted by atomic mass is 10.3. The van der Waals surface area contributed by atoms with Gasteiger partial charge in [-0.1, -0.05) is 6.92 Å². The van der Waals surface area contributed by atoms with E-state index in [4.69, 9.17) is 12.2 Å². The summed E-state index contributed by atoms with van der Waals surface area (Å²) in [7, 11) is 0. The fraction of sp³-hybridized carbons (Fsp3) is 0.500. The maximum Gasteiger partial charge on any atom is 0.177 e. The van der Waals surface area contributed by atoms with Gasteiger partial charge in [0.15, 0.2) is 10.6 Å². The Morgan fingerprint density at radius 2 is 2.25 bits per heavy atom. The SMILES string of the molecule is CCc1c[nH]c(=S)n1Cc1nncn1CC. The Hall–Kier alpha value is -1.43. The van der Waals surface area contributed by atoms with E-state index in [1.807, 2.05) is 10.8 Å². The molecule has 0 aliphatic rings. The summed E-state index contributed by atoms with van der Waals surface area (Å²) >= 11 is 5.24. The van der Waals surface area contributed by atoms with Crippen LogP contribution in [0.25, 0.3) is 0 Å². The van der Waals surface area contributed by atoms with Crippen molar-refractivity contribution in [3.63, 3.8) is 0 Å². The van der Waals surface area contributed by atoms with Gasteiger partial charge in [-0.2, -0.15) is 0 Å². The van der Waals surface area contributed by atoms with Crippen LogP contribution in [-0.2, 0) is 19.5 Å². The molecular weight excluding hydrogens is 222 g/mol. The van der Waals surface area contributed by atoms with Gasteiger partial charge in [-0.15, -0.1) is 10.2 Å². The zero-order chi connectivity index (χ0) is 11.5. The summed E-state index contributed by atoms with van der Waals surface area (Å²) in [6.45, 7) is 5.74. The van der Waals surface area contributed by atoms with Gasteiger partial charge in [0.2, 0.25) is 0 Å². The Kier molecular flexibility index (Phi) is 3.19. The van der Waals surface area contributed by atoms with Gasteiger partial charge in [0.25, 0.3) is 0 Å². The monoisotopic (exact) mass is 237 g/mol. The second-order valence-electron chi connectivity index (χ2n) is 3.56. The maximum absolute atomic E-state index is 5.24. The van der Waals surface area contributed by atoms with Crippen LogP contribution in [0.2, 0.25) is 0 Å². The van der Waals surface area contributed by atoms with Crippen molar-refractivity contribution in [1.29, 1.82) is 0 Å². The Morgan fingerprint density at radius 3 is 2.94 bits per heavy atom. The predicted octanol–water partition coefficient (Wildman–Crippen LogP) is 1.77. The van der Waals surface area contributed by atoms with Crippen molar-refractivity contribution in [2.24, 2.45) is 0 Å². The van der Waals surface area contributed by atoms with E-state index in [2.05, 4.69) is 33.6 Å². The lowest BCUT2D eigenvalue weighted by molar-refractivity contribution is 0.632. The number of aromatic nitrogens is 5. The van der Waals surface area contributed by atoms with Crippen molar-refractivity contribution in [2.75, 3.05) is 0 Å². The lowest BCUT2D eigenvalue weighted by Crippen LogP contribution is -2.09. The standard InChI is InChI=1S/C10H15N5S/c1-3-8-5-11-10(16)15(8)6-9-13-12-7-14(9)4-2/h5,7H,3-4,6H2,1-2H3,(H,11,16). The Balaban J connectivity index is 2.33. The smallest absolute Gasteiger partial charge is 0.177 e. The van der Waals surface area contributed by atoms with E-state index in [-0.39, 0.29) is 0 Å². The maximum atomic E-state index is 5.24. The number of hydrogen-bond donors (Lipinski definition) is 1. The molecule has 0 amide bonds. The second kappa shape index (κ2) is 4.61. The molecular formula is C10H15N5S. The minimum atomic E-state index is 0.680. The largest absolute Gasteiger partial charge is 0.337 e. The van der Waals surface area contributed by atoms with Gasteiger partial charge in [0.05, 0.1) is 6.54 Å². The molecule has 2 aromatic heterocycles. The average molecular weight is 237 g/mol. The van der Waals surface area contributed by atoms with Crippen molar-refractivity contribution < 1.29 is 0 Å². The molecule has 5 nitrogen and oxygen atoms in total. The number of H-pyrrole nitrogens is 1. The summed E-state index contributed by atoms with van der Waals surface area (Å²) in [4.78, 5) is 3.06. The topological polar surface area (TPSA) is 51.4 Å². The van der Waals surface area contributed by atoms with E-state index in [0.717, 1.165) is 23.6 Å². The van der Waals surface area contributed by atoms with Crippen LogP contribution >= 0.6 is 12.2 Å². The number of imidazole rings is 1. The third-order valence-corrected chi connectivity index (χ3v) is 2.99. The zero-order valence-corrected chi connectivity index (χ0v) is 10.3. The van der Waals surface area contributed by atoms with E-state index in [0.29, 0.717) is 6.54 Å². The van der Waals surface area contributed by atoms with Crippen LogP contribution in [0.3, 0.4) is 0 Å². The van der Waals surface area contributed by atoms with Crippen LogP contribution in [0.4, 0.5) is 0 Å². The van der Waals surface area contributed by atoms with Gasteiger partial charge in [0.1, 0.15) is 6.33 Å². The number of nitrogens with one attached hydrogen (secondary N) is 1. The van der Waals surface area contributed by atoms with Crippen molar-refractivity contribution in [3.8, 4) is 0 Å². The minimum absolute atomic E-state index is 0.680. The van der Waals surface area contributed by atoms with Gasteiger partial charge < -0.3 is 14.1 Å². The van der Waals surface area contributed by atoms with Gasteiger partial charge in [-0.05, 0) is 25.6 Å². The van der Waals surface area contributed by atoms with Gasteiger partial charge in [-0.3, -0.25) is 0 Å². The molecule has 1 N–H and O–H groups in total. The third-order valence-electron chi connectivity index (χ3n) is 2.65. The predicted molar refractivity (Wildman–Crippen MR) is 63.8 cm³/mol. The van der Waals surface area contributed by atoms with E-state index in [1.54, 1.807) is 6.33 Å². The summed E-state index contributed by atoms with van der Waals surface area (Å²) in [5.74, 6) is 0.938. The van der Waals surface area contributed by atoms with Crippen molar-refractivity contribution >= 4 is 12.2 Å². The van der Waals surface area contributed by atoms with Crippen LogP contribution in [0, 0.1) is 4.77 Å². The van der Waals surface area contributed by atoms with Crippen LogP contribution in [-0.4, -0.2) is 24.3 Å². The minimum Gasteiger partial charge on any atom is -0.337 e. The Labute approximate surface area is 99.1 Å². The number of aryl methyl sites for hydroxylation is 2. The number of rotatable bonds is 4. The van der Waals surface area contributed by atoms with Crippen molar-refractivity contribution in [1.82, 2.24) is 24.3 Å². The molecule has 0 saturated carbocycles. The van der Waals surface area contributed by atoms with Crippen molar-refractivity contribution in [3.05, 3.63) is 28.8 Å². The summed E-state index contributed by atoms with van der Waals surface area (Å²) < 4.78 is 4.82.